The predicted molar refractivity (Wildman–Crippen MR) is 80.2 cm³/mol. The number of hydrogen-bond acceptors (Lipinski definition) is 5. The van der Waals surface area contributed by atoms with E-state index in [1.165, 1.54) is 11.8 Å². The van der Waals surface area contributed by atoms with Gasteiger partial charge in [-0.1, -0.05) is 6.92 Å². The summed E-state index contributed by atoms with van der Waals surface area (Å²) in [5.74, 6) is -2.40. The van der Waals surface area contributed by atoms with E-state index in [0.717, 1.165) is 0 Å². The molecule has 0 aromatic rings. The molecule has 0 radical (unpaired) electrons. The highest BCUT2D eigenvalue weighted by Crippen LogP contribution is 2.33. The van der Waals surface area contributed by atoms with E-state index in [1.54, 1.807) is 6.92 Å². The second-order valence-corrected chi connectivity index (χ2v) is 5.36. The third-order valence-electron chi connectivity index (χ3n) is 3.52. The first-order valence-corrected chi connectivity index (χ1v) is 6.88. The molecule has 1 unspecified atom stereocenters. The maximum Gasteiger partial charge on any atom is 0.337 e. The number of aliphatic carboxylic acids is 1. The quantitative estimate of drug-likeness (QED) is 0.500. The van der Waals surface area contributed by atoms with E-state index in [-0.39, 0.29) is 31.3 Å². The van der Waals surface area contributed by atoms with Gasteiger partial charge >= 0.3 is 5.97 Å². The van der Waals surface area contributed by atoms with Gasteiger partial charge in [-0.05, 0) is 19.8 Å². The number of carbonyl (C=O) groups excluding carboxylic acids is 2. The van der Waals surface area contributed by atoms with Crippen LogP contribution in [0.5, 0.6) is 0 Å². The van der Waals surface area contributed by atoms with E-state index in [0.29, 0.717) is 12.2 Å². The average Bonchev–Trinajstić information content (AvgIpc) is 2.81. The standard InChI is InChI=1S/C12H20N2O4S.ClH/c1-7(6-19)10(16)14-5-3-4-12(14,11(17)18)9(15)8(2)13;/h7-8,19H,3-6,13H2,1-2H3,(H,17,18);1H/t7?,8-,12-;/m0./s1. The minimum Gasteiger partial charge on any atom is -0.479 e. The van der Waals surface area contributed by atoms with Gasteiger partial charge in [0, 0.05) is 18.2 Å². The van der Waals surface area contributed by atoms with Gasteiger partial charge in [0.15, 0.2) is 5.78 Å². The molecule has 0 aliphatic carbocycles. The minimum atomic E-state index is -1.80. The Kier molecular flexibility index (Phi) is 7.00. The van der Waals surface area contributed by atoms with Crippen LogP contribution in [0.15, 0.2) is 0 Å². The Morgan fingerprint density at radius 3 is 2.35 bits per heavy atom. The molecule has 1 rings (SSSR count). The summed E-state index contributed by atoms with van der Waals surface area (Å²) in [5.41, 5.74) is 3.74. The summed E-state index contributed by atoms with van der Waals surface area (Å²) >= 11 is 4.04. The van der Waals surface area contributed by atoms with Crippen molar-refractivity contribution < 1.29 is 19.5 Å². The molecule has 20 heavy (non-hydrogen) atoms. The Hall–Kier alpha value is -0.790. The highest BCUT2D eigenvalue weighted by molar-refractivity contribution is 7.80. The number of thiol groups is 1. The van der Waals surface area contributed by atoms with E-state index in [9.17, 15) is 19.5 Å². The number of carbonyl (C=O) groups is 3. The smallest absolute Gasteiger partial charge is 0.337 e. The number of likely N-dealkylation sites (tertiary alicyclic amines) is 1. The normalized spacial score (nSPS) is 24.7. The van der Waals surface area contributed by atoms with Gasteiger partial charge in [-0.3, -0.25) is 9.59 Å². The fourth-order valence-corrected chi connectivity index (χ4v) is 2.58. The lowest BCUT2D eigenvalue weighted by Crippen LogP contribution is -2.63. The van der Waals surface area contributed by atoms with Crippen LogP contribution in [0.25, 0.3) is 0 Å². The molecule has 1 saturated heterocycles. The van der Waals surface area contributed by atoms with E-state index in [1.807, 2.05) is 0 Å². The fourth-order valence-electron chi connectivity index (χ4n) is 2.42. The molecule has 0 bridgehead atoms. The Morgan fingerprint density at radius 2 is 1.95 bits per heavy atom. The van der Waals surface area contributed by atoms with Gasteiger partial charge in [0.1, 0.15) is 0 Å². The van der Waals surface area contributed by atoms with Gasteiger partial charge in [0.05, 0.1) is 6.04 Å². The number of nitrogens with zero attached hydrogens (tertiary/aromatic N) is 1. The number of halogens is 1. The molecule has 1 aliphatic heterocycles. The minimum absolute atomic E-state index is 0. The van der Waals surface area contributed by atoms with Crippen LogP contribution >= 0.6 is 25.0 Å². The molecule has 6 nitrogen and oxygen atoms in total. The molecular formula is C12H21ClN2O4S. The number of Topliss-reactive ketones (excluding diaryl/α,β-unsaturated/α-hetero) is 1. The zero-order valence-electron chi connectivity index (χ0n) is 11.5. The van der Waals surface area contributed by atoms with Crippen LogP contribution in [0.1, 0.15) is 26.7 Å². The van der Waals surface area contributed by atoms with Crippen molar-refractivity contribution in [2.24, 2.45) is 11.7 Å². The van der Waals surface area contributed by atoms with Crippen LogP contribution in [-0.2, 0) is 14.4 Å². The monoisotopic (exact) mass is 324 g/mol. The molecule has 0 saturated carbocycles. The van der Waals surface area contributed by atoms with Crippen molar-refractivity contribution in [3.8, 4) is 0 Å². The zero-order chi connectivity index (χ0) is 14.8. The van der Waals surface area contributed by atoms with Gasteiger partial charge in [0.25, 0.3) is 0 Å². The topological polar surface area (TPSA) is 101 Å². The van der Waals surface area contributed by atoms with Crippen LogP contribution in [0.4, 0.5) is 0 Å². The third-order valence-corrected chi connectivity index (χ3v) is 4.07. The predicted octanol–water partition coefficient (Wildman–Crippen LogP) is 0.336. The van der Waals surface area contributed by atoms with E-state index in [2.05, 4.69) is 12.6 Å². The summed E-state index contributed by atoms with van der Waals surface area (Å²) in [7, 11) is 0. The van der Waals surface area contributed by atoms with Gasteiger partial charge < -0.3 is 15.7 Å². The number of ketones is 1. The van der Waals surface area contributed by atoms with Gasteiger partial charge in [-0.2, -0.15) is 12.6 Å². The van der Waals surface area contributed by atoms with Crippen molar-refractivity contribution in [1.29, 1.82) is 0 Å². The van der Waals surface area contributed by atoms with Crippen LogP contribution in [0, 0.1) is 5.92 Å². The first-order chi connectivity index (χ1) is 8.78. The Labute approximate surface area is 129 Å². The summed E-state index contributed by atoms with van der Waals surface area (Å²) in [6.45, 7) is 3.37. The first kappa shape index (κ1) is 19.2. The highest BCUT2D eigenvalue weighted by atomic mass is 35.5. The van der Waals surface area contributed by atoms with Crippen LogP contribution < -0.4 is 5.73 Å². The Bertz CT molecular complexity index is 405. The van der Waals surface area contributed by atoms with Crippen molar-refractivity contribution in [3.05, 3.63) is 0 Å². The molecule has 3 N–H and O–H groups in total. The Morgan fingerprint density at radius 1 is 1.40 bits per heavy atom. The molecule has 0 spiro atoms. The summed E-state index contributed by atoms with van der Waals surface area (Å²) in [5, 5.41) is 9.47. The average molecular weight is 325 g/mol. The lowest BCUT2D eigenvalue weighted by Gasteiger charge is -2.35. The van der Waals surface area contributed by atoms with Crippen LogP contribution in [-0.4, -0.2) is 51.5 Å². The van der Waals surface area contributed by atoms with Gasteiger partial charge in [-0.15, -0.1) is 12.4 Å². The summed E-state index contributed by atoms with van der Waals surface area (Å²) in [4.78, 5) is 37.2. The first-order valence-electron chi connectivity index (χ1n) is 6.24. The lowest BCUT2D eigenvalue weighted by molar-refractivity contribution is -0.163. The zero-order valence-corrected chi connectivity index (χ0v) is 13.2. The number of amides is 1. The fraction of sp³-hybridized carbons (Fsp3) is 0.750. The second kappa shape index (κ2) is 7.28. The van der Waals surface area contributed by atoms with Crippen molar-refractivity contribution in [3.63, 3.8) is 0 Å². The number of carboxylic acids is 1. The number of carboxylic acid groups (broad SMARTS) is 1. The van der Waals surface area contributed by atoms with Crippen molar-refractivity contribution in [2.45, 2.75) is 38.3 Å². The largest absolute Gasteiger partial charge is 0.479 e. The molecule has 1 amide bonds. The number of nitrogens with two attached hydrogens (primary N) is 1. The molecule has 1 aliphatic rings. The SMILES string of the molecule is CC(CS)C(=O)N1CCC[C@@]1(C(=O)O)C(=O)[C@H](C)N.Cl. The molecule has 3 atom stereocenters. The van der Waals surface area contributed by atoms with E-state index in [4.69, 9.17) is 5.73 Å². The summed E-state index contributed by atoms with van der Waals surface area (Å²) in [6.07, 6.45) is 0.601. The van der Waals surface area contributed by atoms with Gasteiger partial charge in [-0.25, -0.2) is 4.79 Å². The molecule has 0 aromatic carbocycles. The summed E-state index contributed by atoms with van der Waals surface area (Å²) in [6, 6.07) is -0.921. The highest BCUT2D eigenvalue weighted by Gasteiger charge is 2.56. The molecule has 1 heterocycles. The molecule has 0 aromatic heterocycles. The molecule has 1 fully saturated rings. The van der Waals surface area contributed by atoms with Crippen molar-refractivity contribution in [1.82, 2.24) is 4.90 Å². The van der Waals surface area contributed by atoms with Crippen molar-refractivity contribution >= 4 is 42.7 Å². The molecule has 116 valence electrons. The van der Waals surface area contributed by atoms with Crippen LogP contribution in [0.3, 0.4) is 0 Å². The van der Waals surface area contributed by atoms with E-state index >= 15 is 0 Å². The third kappa shape index (κ3) is 3.10. The van der Waals surface area contributed by atoms with Crippen molar-refractivity contribution in [2.75, 3.05) is 12.3 Å². The number of rotatable bonds is 5. The molecule has 8 heteroatoms. The lowest BCUT2D eigenvalue weighted by atomic mass is 9.86. The summed E-state index contributed by atoms with van der Waals surface area (Å²) < 4.78 is 0. The Balaban J connectivity index is 0.00000361. The number of hydrogen-bond donors (Lipinski definition) is 3. The maximum absolute atomic E-state index is 12.2. The van der Waals surface area contributed by atoms with Gasteiger partial charge in [0.2, 0.25) is 11.4 Å². The second-order valence-electron chi connectivity index (χ2n) is 5.00. The van der Waals surface area contributed by atoms with E-state index < -0.39 is 29.3 Å². The van der Waals surface area contributed by atoms with Crippen LogP contribution in [0.2, 0.25) is 0 Å². The maximum atomic E-state index is 12.2. The molecular weight excluding hydrogens is 304 g/mol.